The molecule has 1 unspecified atom stereocenters. The highest BCUT2D eigenvalue weighted by molar-refractivity contribution is 5.08. The van der Waals surface area contributed by atoms with Crippen LogP contribution in [-0.2, 0) is 6.42 Å². The third kappa shape index (κ3) is 3.03. The van der Waals surface area contributed by atoms with Gasteiger partial charge in [-0.25, -0.2) is 0 Å². The molecule has 1 aromatic heterocycles. The summed E-state index contributed by atoms with van der Waals surface area (Å²) < 4.78 is 0. The van der Waals surface area contributed by atoms with Crippen molar-refractivity contribution in [3.05, 3.63) is 30.1 Å². The molecular weight excluding hydrogens is 198 g/mol. The molecule has 0 radical (unpaired) electrons. The Kier molecular flexibility index (Phi) is 4.31. The standard InChI is InChI=1S/C13H21N3/c1-2-16(13-5-8-15-11-13)9-6-12-4-3-7-14-10-12/h3-4,7,10,13,15H,2,5-6,8-9,11H2,1H3. The van der Waals surface area contributed by atoms with E-state index in [9.17, 15) is 0 Å². The Morgan fingerprint density at radius 3 is 3.12 bits per heavy atom. The van der Waals surface area contributed by atoms with Crippen molar-refractivity contribution in [2.75, 3.05) is 26.2 Å². The van der Waals surface area contributed by atoms with Gasteiger partial charge in [-0.3, -0.25) is 9.88 Å². The van der Waals surface area contributed by atoms with Crippen LogP contribution in [0.1, 0.15) is 18.9 Å². The molecular formula is C13H21N3. The predicted octanol–water partition coefficient (Wildman–Crippen LogP) is 1.31. The Labute approximate surface area is 97.9 Å². The summed E-state index contributed by atoms with van der Waals surface area (Å²) in [5.74, 6) is 0. The van der Waals surface area contributed by atoms with E-state index in [0.29, 0.717) is 0 Å². The van der Waals surface area contributed by atoms with E-state index in [1.165, 1.54) is 18.5 Å². The number of nitrogens with zero attached hydrogens (tertiary/aromatic N) is 2. The first kappa shape index (κ1) is 11.6. The quantitative estimate of drug-likeness (QED) is 0.809. The minimum Gasteiger partial charge on any atom is -0.315 e. The zero-order valence-electron chi connectivity index (χ0n) is 10.0. The Bertz CT molecular complexity index is 293. The smallest absolute Gasteiger partial charge is 0.0300 e. The largest absolute Gasteiger partial charge is 0.315 e. The molecule has 16 heavy (non-hydrogen) atoms. The number of hydrogen-bond acceptors (Lipinski definition) is 3. The number of hydrogen-bond donors (Lipinski definition) is 1. The molecule has 2 heterocycles. The van der Waals surface area contributed by atoms with E-state index in [2.05, 4.69) is 28.2 Å². The van der Waals surface area contributed by atoms with Gasteiger partial charge >= 0.3 is 0 Å². The van der Waals surface area contributed by atoms with Crippen molar-refractivity contribution in [1.82, 2.24) is 15.2 Å². The van der Waals surface area contributed by atoms with Crippen LogP contribution in [0.5, 0.6) is 0 Å². The highest BCUT2D eigenvalue weighted by Gasteiger charge is 2.20. The van der Waals surface area contributed by atoms with Gasteiger partial charge in [-0.1, -0.05) is 13.0 Å². The molecule has 1 aliphatic rings. The Morgan fingerprint density at radius 2 is 2.50 bits per heavy atom. The number of nitrogens with one attached hydrogen (secondary N) is 1. The molecule has 88 valence electrons. The fourth-order valence-corrected chi connectivity index (χ4v) is 2.37. The number of likely N-dealkylation sites (N-methyl/N-ethyl adjacent to an activating group) is 1. The topological polar surface area (TPSA) is 28.2 Å². The molecule has 3 heteroatoms. The maximum Gasteiger partial charge on any atom is 0.0300 e. The van der Waals surface area contributed by atoms with Gasteiger partial charge in [-0.15, -0.1) is 0 Å². The van der Waals surface area contributed by atoms with Crippen molar-refractivity contribution in [2.45, 2.75) is 25.8 Å². The van der Waals surface area contributed by atoms with Crippen LogP contribution in [0.3, 0.4) is 0 Å². The molecule has 1 N–H and O–H groups in total. The van der Waals surface area contributed by atoms with E-state index in [0.717, 1.165) is 32.1 Å². The highest BCUT2D eigenvalue weighted by atomic mass is 15.2. The molecule has 1 aromatic rings. The highest BCUT2D eigenvalue weighted by Crippen LogP contribution is 2.09. The van der Waals surface area contributed by atoms with E-state index in [1.54, 1.807) is 0 Å². The Balaban J connectivity index is 1.83. The summed E-state index contributed by atoms with van der Waals surface area (Å²) in [5, 5.41) is 3.43. The molecule has 0 saturated carbocycles. The van der Waals surface area contributed by atoms with Crippen molar-refractivity contribution < 1.29 is 0 Å². The molecule has 1 fully saturated rings. The maximum atomic E-state index is 4.16. The second kappa shape index (κ2) is 5.97. The molecule has 0 amide bonds. The average Bonchev–Trinajstić information content (AvgIpc) is 2.85. The first-order valence-corrected chi connectivity index (χ1v) is 6.24. The first-order valence-electron chi connectivity index (χ1n) is 6.24. The second-order valence-electron chi connectivity index (χ2n) is 4.39. The zero-order chi connectivity index (χ0) is 11.2. The minimum atomic E-state index is 0.738. The van der Waals surface area contributed by atoms with Crippen LogP contribution < -0.4 is 5.32 Å². The molecule has 0 aliphatic carbocycles. The molecule has 0 bridgehead atoms. The van der Waals surface area contributed by atoms with E-state index < -0.39 is 0 Å². The molecule has 3 nitrogen and oxygen atoms in total. The lowest BCUT2D eigenvalue weighted by atomic mass is 10.1. The lowest BCUT2D eigenvalue weighted by Gasteiger charge is -2.26. The van der Waals surface area contributed by atoms with Crippen LogP contribution >= 0.6 is 0 Å². The van der Waals surface area contributed by atoms with Gasteiger partial charge in [0.25, 0.3) is 0 Å². The SMILES string of the molecule is CCN(CCc1cccnc1)C1CCNC1. The molecule has 0 aromatic carbocycles. The van der Waals surface area contributed by atoms with Gasteiger partial charge in [-0.2, -0.15) is 0 Å². The van der Waals surface area contributed by atoms with E-state index in [1.807, 2.05) is 18.5 Å². The van der Waals surface area contributed by atoms with Crippen LogP contribution in [-0.4, -0.2) is 42.1 Å². The van der Waals surface area contributed by atoms with Gasteiger partial charge in [0.2, 0.25) is 0 Å². The number of aromatic nitrogens is 1. The van der Waals surface area contributed by atoms with E-state index in [-0.39, 0.29) is 0 Å². The fraction of sp³-hybridized carbons (Fsp3) is 0.615. The van der Waals surface area contributed by atoms with Crippen LogP contribution in [0.15, 0.2) is 24.5 Å². The van der Waals surface area contributed by atoms with Crippen LogP contribution in [0.2, 0.25) is 0 Å². The zero-order valence-corrected chi connectivity index (χ0v) is 10.0. The lowest BCUT2D eigenvalue weighted by Crippen LogP contribution is -2.38. The summed E-state index contributed by atoms with van der Waals surface area (Å²) in [5.41, 5.74) is 1.34. The van der Waals surface area contributed by atoms with Crippen LogP contribution in [0, 0.1) is 0 Å². The summed E-state index contributed by atoms with van der Waals surface area (Å²) in [7, 11) is 0. The summed E-state index contributed by atoms with van der Waals surface area (Å²) in [6.45, 7) is 6.87. The molecule has 1 aliphatic heterocycles. The third-order valence-corrected chi connectivity index (χ3v) is 3.37. The maximum absolute atomic E-state index is 4.16. The third-order valence-electron chi connectivity index (χ3n) is 3.37. The van der Waals surface area contributed by atoms with Crippen LogP contribution in [0.25, 0.3) is 0 Å². The van der Waals surface area contributed by atoms with Crippen molar-refractivity contribution >= 4 is 0 Å². The fourth-order valence-electron chi connectivity index (χ4n) is 2.37. The van der Waals surface area contributed by atoms with Gasteiger partial charge < -0.3 is 5.32 Å². The Morgan fingerprint density at radius 1 is 1.56 bits per heavy atom. The van der Waals surface area contributed by atoms with Gasteiger partial charge in [0.15, 0.2) is 0 Å². The second-order valence-corrected chi connectivity index (χ2v) is 4.39. The molecule has 0 spiro atoms. The van der Waals surface area contributed by atoms with Gasteiger partial charge in [0, 0.05) is 31.5 Å². The minimum absolute atomic E-state index is 0.738. The molecule has 1 saturated heterocycles. The molecule has 2 rings (SSSR count). The number of pyridine rings is 1. The number of rotatable bonds is 5. The van der Waals surface area contributed by atoms with Gasteiger partial charge in [0.05, 0.1) is 0 Å². The normalized spacial score (nSPS) is 20.5. The van der Waals surface area contributed by atoms with Gasteiger partial charge in [-0.05, 0) is 37.6 Å². The lowest BCUT2D eigenvalue weighted by molar-refractivity contribution is 0.222. The van der Waals surface area contributed by atoms with E-state index >= 15 is 0 Å². The van der Waals surface area contributed by atoms with Gasteiger partial charge in [0.1, 0.15) is 0 Å². The van der Waals surface area contributed by atoms with Crippen LogP contribution in [0.4, 0.5) is 0 Å². The molecule has 1 atom stereocenters. The monoisotopic (exact) mass is 219 g/mol. The average molecular weight is 219 g/mol. The summed E-state index contributed by atoms with van der Waals surface area (Å²) in [4.78, 5) is 6.73. The van der Waals surface area contributed by atoms with E-state index in [4.69, 9.17) is 0 Å². The predicted molar refractivity (Wildman–Crippen MR) is 66.5 cm³/mol. The Hall–Kier alpha value is -0.930. The summed E-state index contributed by atoms with van der Waals surface area (Å²) in [6.07, 6.45) is 6.21. The van der Waals surface area contributed by atoms with Crippen molar-refractivity contribution in [2.24, 2.45) is 0 Å². The van der Waals surface area contributed by atoms with Crippen molar-refractivity contribution in [1.29, 1.82) is 0 Å². The summed E-state index contributed by atoms with van der Waals surface area (Å²) >= 11 is 0. The first-order chi connectivity index (χ1) is 7.90. The van der Waals surface area contributed by atoms with Crippen molar-refractivity contribution in [3.63, 3.8) is 0 Å². The summed E-state index contributed by atoms with van der Waals surface area (Å²) in [6, 6.07) is 4.91. The van der Waals surface area contributed by atoms with Crippen molar-refractivity contribution in [3.8, 4) is 0 Å².